The highest BCUT2D eigenvalue weighted by Gasteiger charge is 2.13. The minimum atomic E-state index is -0.224. The Morgan fingerprint density at radius 3 is 2.81 bits per heavy atom. The molecule has 2 heterocycles. The molecule has 2 aromatic heterocycles. The third-order valence-electron chi connectivity index (χ3n) is 2.98. The molecule has 2 aromatic rings. The molecular formula is C13H18BrN5O2. The molecule has 0 radical (unpaired) electrons. The molecule has 0 saturated carbocycles. The van der Waals surface area contributed by atoms with Gasteiger partial charge in [0.1, 0.15) is 12.4 Å². The molecule has 2 rings (SSSR count). The summed E-state index contributed by atoms with van der Waals surface area (Å²) in [6.07, 6.45) is 1.52. The lowest BCUT2D eigenvalue weighted by molar-refractivity contribution is 0.324. The van der Waals surface area contributed by atoms with Crippen LogP contribution in [0.25, 0.3) is 0 Å². The molecule has 0 aliphatic carbocycles. The molecule has 0 spiro atoms. The van der Waals surface area contributed by atoms with Crippen molar-refractivity contribution in [2.24, 2.45) is 5.73 Å². The standard InChI is InChI=1S/C13H18BrN5O2/c1-3-18-11(13(14)9(2)17-18)8-19-12(20)6-10(7-16-19)21-5-4-15/h6-7H,3-5,8,15H2,1-2H3. The lowest BCUT2D eigenvalue weighted by atomic mass is 10.3. The number of aromatic nitrogens is 4. The molecule has 21 heavy (non-hydrogen) atoms. The summed E-state index contributed by atoms with van der Waals surface area (Å²) in [5, 5.41) is 8.53. The molecule has 0 saturated heterocycles. The summed E-state index contributed by atoms with van der Waals surface area (Å²) in [6.45, 7) is 5.75. The van der Waals surface area contributed by atoms with E-state index in [0.717, 1.165) is 22.4 Å². The molecule has 0 fully saturated rings. The topological polar surface area (TPSA) is 88.0 Å². The van der Waals surface area contributed by atoms with E-state index in [-0.39, 0.29) is 5.56 Å². The molecule has 0 atom stereocenters. The van der Waals surface area contributed by atoms with Crippen LogP contribution in [0.4, 0.5) is 0 Å². The minimum Gasteiger partial charge on any atom is -0.490 e. The van der Waals surface area contributed by atoms with E-state index in [2.05, 4.69) is 26.1 Å². The van der Waals surface area contributed by atoms with E-state index < -0.39 is 0 Å². The Balaban J connectivity index is 2.26. The van der Waals surface area contributed by atoms with Gasteiger partial charge in [-0.25, -0.2) is 4.68 Å². The van der Waals surface area contributed by atoms with Gasteiger partial charge in [-0.2, -0.15) is 10.2 Å². The molecule has 7 nitrogen and oxygen atoms in total. The van der Waals surface area contributed by atoms with Crippen LogP contribution in [0.3, 0.4) is 0 Å². The van der Waals surface area contributed by atoms with Gasteiger partial charge in [-0.3, -0.25) is 9.48 Å². The zero-order valence-corrected chi connectivity index (χ0v) is 13.6. The molecule has 2 N–H and O–H groups in total. The van der Waals surface area contributed by atoms with Crippen LogP contribution in [0.1, 0.15) is 18.3 Å². The third-order valence-corrected chi connectivity index (χ3v) is 4.01. The number of halogens is 1. The lowest BCUT2D eigenvalue weighted by Crippen LogP contribution is -2.24. The van der Waals surface area contributed by atoms with E-state index in [1.807, 2.05) is 18.5 Å². The van der Waals surface area contributed by atoms with Crippen molar-refractivity contribution >= 4 is 15.9 Å². The summed E-state index contributed by atoms with van der Waals surface area (Å²) in [4.78, 5) is 12.1. The summed E-state index contributed by atoms with van der Waals surface area (Å²) in [5.41, 5.74) is 6.94. The number of hydrogen-bond acceptors (Lipinski definition) is 5. The highest BCUT2D eigenvalue weighted by atomic mass is 79.9. The van der Waals surface area contributed by atoms with Crippen molar-refractivity contribution in [1.29, 1.82) is 0 Å². The summed E-state index contributed by atoms with van der Waals surface area (Å²) in [5.74, 6) is 0.431. The summed E-state index contributed by atoms with van der Waals surface area (Å²) in [6, 6.07) is 1.41. The lowest BCUT2D eigenvalue weighted by Gasteiger charge is -2.09. The number of nitrogens with zero attached hydrogens (tertiary/aromatic N) is 4. The van der Waals surface area contributed by atoms with E-state index >= 15 is 0 Å². The SMILES string of the molecule is CCn1nc(C)c(Br)c1Cn1ncc(OCCN)cc1=O. The first-order valence-corrected chi connectivity index (χ1v) is 7.48. The van der Waals surface area contributed by atoms with Crippen LogP contribution in [-0.2, 0) is 13.1 Å². The summed E-state index contributed by atoms with van der Waals surface area (Å²) < 4.78 is 9.42. The minimum absolute atomic E-state index is 0.224. The Morgan fingerprint density at radius 2 is 2.19 bits per heavy atom. The predicted molar refractivity (Wildman–Crippen MR) is 82.5 cm³/mol. The van der Waals surface area contributed by atoms with E-state index in [9.17, 15) is 4.79 Å². The second-order valence-electron chi connectivity index (χ2n) is 4.49. The number of nitrogens with two attached hydrogens (primary N) is 1. The van der Waals surface area contributed by atoms with E-state index in [1.165, 1.54) is 16.9 Å². The second kappa shape index (κ2) is 6.86. The van der Waals surface area contributed by atoms with Crippen molar-refractivity contribution in [3.63, 3.8) is 0 Å². The molecule has 0 amide bonds. The van der Waals surface area contributed by atoms with Crippen molar-refractivity contribution in [2.45, 2.75) is 26.9 Å². The summed E-state index contributed by atoms with van der Waals surface area (Å²) >= 11 is 3.51. The van der Waals surface area contributed by atoms with E-state index in [1.54, 1.807) is 0 Å². The normalized spacial score (nSPS) is 10.9. The first-order valence-electron chi connectivity index (χ1n) is 6.68. The number of rotatable bonds is 6. The van der Waals surface area contributed by atoms with Crippen LogP contribution < -0.4 is 16.0 Å². The van der Waals surface area contributed by atoms with Crippen molar-refractivity contribution < 1.29 is 4.74 Å². The molecule has 0 aromatic carbocycles. The van der Waals surface area contributed by atoms with Crippen molar-refractivity contribution in [2.75, 3.05) is 13.2 Å². The van der Waals surface area contributed by atoms with Gasteiger partial charge < -0.3 is 10.5 Å². The molecular weight excluding hydrogens is 338 g/mol. The molecule has 0 aliphatic heterocycles. The monoisotopic (exact) mass is 355 g/mol. The van der Waals surface area contributed by atoms with E-state index in [4.69, 9.17) is 10.5 Å². The molecule has 114 valence electrons. The molecule has 0 unspecified atom stereocenters. The Kier molecular flexibility index (Phi) is 5.13. The molecule has 0 bridgehead atoms. The molecule has 8 heteroatoms. The maximum atomic E-state index is 12.1. The Labute approximate surface area is 130 Å². The highest BCUT2D eigenvalue weighted by molar-refractivity contribution is 9.10. The quantitative estimate of drug-likeness (QED) is 0.832. The molecule has 0 aliphatic rings. The van der Waals surface area contributed by atoms with Crippen LogP contribution in [0, 0.1) is 6.92 Å². The largest absolute Gasteiger partial charge is 0.490 e. The fourth-order valence-corrected chi connectivity index (χ4v) is 2.36. The fourth-order valence-electron chi connectivity index (χ4n) is 1.95. The number of ether oxygens (including phenoxy) is 1. The zero-order chi connectivity index (χ0) is 15.4. The van der Waals surface area contributed by atoms with Gasteiger partial charge in [0.15, 0.2) is 0 Å². The van der Waals surface area contributed by atoms with Gasteiger partial charge in [-0.15, -0.1) is 0 Å². The van der Waals surface area contributed by atoms with Crippen LogP contribution >= 0.6 is 15.9 Å². The third kappa shape index (κ3) is 3.51. The van der Waals surface area contributed by atoms with Crippen LogP contribution in [0.15, 0.2) is 21.5 Å². The zero-order valence-electron chi connectivity index (χ0n) is 12.0. The van der Waals surface area contributed by atoms with Crippen molar-refractivity contribution in [1.82, 2.24) is 19.6 Å². The highest BCUT2D eigenvalue weighted by Crippen LogP contribution is 2.21. The van der Waals surface area contributed by atoms with Gasteiger partial charge in [0.25, 0.3) is 5.56 Å². The first kappa shape index (κ1) is 15.7. The van der Waals surface area contributed by atoms with Crippen LogP contribution in [0.2, 0.25) is 0 Å². The van der Waals surface area contributed by atoms with Crippen LogP contribution in [0.5, 0.6) is 5.75 Å². The summed E-state index contributed by atoms with van der Waals surface area (Å²) in [7, 11) is 0. The fraction of sp³-hybridized carbons (Fsp3) is 0.462. The predicted octanol–water partition coefficient (Wildman–Crippen LogP) is 0.916. The average molecular weight is 356 g/mol. The van der Waals surface area contributed by atoms with Gasteiger partial charge in [-0.1, -0.05) is 0 Å². The average Bonchev–Trinajstić information content (AvgIpc) is 2.75. The Morgan fingerprint density at radius 1 is 1.43 bits per heavy atom. The smallest absolute Gasteiger partial charge is 0.270 e. The van der Waals surface area contributed by atoms with Gasteiger partial charge in [0.2, 0.25) is 0 Å². The van der Waals surface area contributed by atoms with Gasteiger partial charge in [0.05, 0.1) is 28.6 Å². The van der Waals surface area contributed by atoms with Gasteiger partial charge in [0, 0.05) is 19.2 Å². The Hall–Kier alpha value is -1.67. The van der Waals surface area contributed by atoms with E-state index in [0.29, 0.717) is 25.4 Å². The number of aryl methyl sites for hydroxylation is 2. The second-order valence-corrected chi connectivity index (χ2v) is 5.28. The van der Waals surface area contributed by atoms with Gasteiger partial charge in [-0.05, 0) is 29.8 Å². The van der Waals surface area contributed by atoms with Crippen molar-refractivity contribution in [3.8, 4) is 5.75 Å². The van der Waals surface area contributed by atoms with Crippen molar-refractivity contribution in [3.05, 3.63) is 38.5 Å². The maximum Gasteiger partial charge on any atom is 0.270 e. The first-order chi connectivity index (χ1) is 10.1. The maximum absolute atomic E-state index is 12.1. The number of hydrogen-bond donors (Lipinski definition) is 1. The Bertz CT molecular complexity index is 680. The van der Waals surface area contributed by atoms with Crippen LogP contribution in [-0.4, -0.2) is 32.7 Å². The van der Waals surface area contributed by atoms with Gasteiger partial charge >= 0.3 is 0 Å².